The van der Waals surface area contributed by atoms with Crippen molar-refractivity contribution in [1.29, 1.82) is 0 Å². The van der Waals surface area contributed by atoms with Crippen LogP contribution in [0.2, 0.25) is 0 Å². The van der Waals surface area contributed by atoms with Crippen molar-refractivity contribution in [3.8, 4) is 0 Å². The van der Waals surface area contributed by atoms with Crippen molar-refractivity contribution in [2.75, 3.05) is 7.11 Å². The van der Waals surface area contributed by atoms with Gasteiger partial charge in [0.1, 0.15) is 0 Å². The highest BCUT2D eigenvalue weighted by molar-refractivity contribution is 5.91. The summed E-state index contributed by atoms with van der Waals surface area (Å²) in [4.78, 5) is 14.8. The van der Waals surface area contributed by atoms with Gasteiger partial charge in [0, 0.05) is 6.20 Å². The SMILES string of the molecule is COC(=O)c1ccnc(C=NO)c1. The molecule has 0 unspecified atom stereocenters. The molecule has 0 aliphatic rings. The van der Waals surface area contributed by atoms with Gasteiger partial charge in [0.15, 0.2) is 0 Å². The molecule has 1 rings (SSSR count). The van der Waals surface area contributed by atoms with E-state index in [-0.39, 0.29) is 0 Å². The van der Waals surface area contributed by atoms with E-state index < -0.39 is 5.97 Å². The second kappa shape index (κ2) is 4.20. The van der Waals surface area contributed by atoms with E-state index in [4.69, 9.17) is 5.21 Å². The number of nitrogens with zero attached hydrogens (tertiary/aromatic N) is 2. The Balaban J connectivity index is 2.98. The monoisotopic (exact) mass is 180 g/mol. The summed E-state index contributed by atoms with van der Waals surface area (Å²) in [5.41, 5.74) is 0.762. The van der Waals surface area contributed by atoms with Crippen LogP contribution in [0.3, 0.4) is 0 Å². The Hall–Kier alpha value is -1.91. The van der Waals surface area contributed by atoms with Crippen LogP contribution in [-0.2, 0) is 4.74 Å². The molecule has 5 heteroatoms. The lowest BCUT2D eigenvalue weighted by Crippen LogP contribution is -2.02. The molecule has 0 spiro atoms. The van der Waals surface area contributed by atoms with Gasteiger partial charge in [-0.3, -0.25) is 4.98 Å². The van der Waals surface area contributed by atoms with Gasteiger partial charge in [-0.2, -0.15) is 0 Å². The van der Waals surface area contributed by atoms with Crippen LogP contribution in [0.25, 0.3) is 0 Å². The first kappa shape index (κ1) is 9.18. The fourth-order valence-corrected chi connectivity index (χ4v) is 0.823. The number of rotatable bonds is 2. The van der Waals surface area contributed by atoms with Crippen LogP contribution in [0, 0.1) is 0 Å². The van der Waals surface area contributed by atoms with E-state index in [9.17, 15) is 4.79 Å². The maximum Gasteiger partial charge on any atom is 0.337 e. The molecular formula is C8H8N2O3. The third-order valence-electron chi connectivity index (χ3n) is 1.39. The summed E-state index contributed by atoms with van der Waals surface area (Å²) in [6, 6.07) is 2.98. The van der Waals surface area contributed by atoms with Gasteiger partial charge in [-0.25, -0.2) is 4.79 Å². The van der Waals surface area contributed by atoms with E-state index in [1.54, 1.807) is 0 Å². The third kappa shape index (κ3) is 2.26. The van der Waals surface area contributed by atoms with Gasteiger partial charge in [-0.05, 0) is 12.1 Å². The predicted octanol–water partition coefficient (Wildman–Crippen LogP) is 0.676. The lowest BCUT2D eigenvalue weighted by atomic mass is 10.2. The van der Waals surface area contributed by atoms with Crippen molar-refractivity contribution < 1.29 is 14.7 Å². The second-order valence-corrected chi connectivity index (χ2v) is 2.21. The zero-order valence-corrected chi connectivity index (χ0v) is 6.97. The van der Waals surface area contributed by atoms with Crippen LogP contribution < -0.4 is 0 Å². The van der Waals surface area contributed by atoms with Crippen LogP contribution in [0.15, 0.2) is 23.5 Å². The molecule has 5 nitrogen and oxygen atoms in total. The summed E-state index contributed by atoms with van der Waals surface area (Å²) in [5, 5.41) is 11.0. The van der Waals surface area contributed by atoms with Gasteiger partial charge in [0.2, 0.25) is 0 Å². The van der Waals surface area contributed by atoms with E-state index >= 15 is 0 Å². The zero-order valence-electron chi connectivity index (χ0n) is 6.97. The Morgan fingerprint density at radius 2 is 2.54 bits per heavy atom. The maximum absolute atomic E-state index is 11.0. The molecule has 0 saturated heterocycles. The standard InChI is InChI=1S/C8H8N2O3/c1-13-8(11)6-2-3-9-7(4-6)5-10-12/h2-5,12H,1H3. The molecule has 0 aliphatic heterocycles. The minimum absolute atomic E-state index is 0.368. The zero-order chi connectivity index (χ0) is 9.68. The summed E-state index contributed by atoms with van der Waals surface area (Å²) in [6.45, 7) is 0. The number of ether oxygens (including phenoxy) is 1. The number of carbonyl (C=O) groups excluding carboxylic acids is 1. The van der Waals surface area contributed by atoms with Crippen molar-refractivity contribution >= 4 is 12.2 Å². The van der Waals surface area contributed by atoms with Crippen molar-refractivity contribution in [3.05, 3.63) is 29.6 Å². The van der Waals surface area contributed by atoms with Crippen LogP contribution in [-0.4, -0.2) is 29.5 Å². The number of hydrogen-bond donors (Lipinski definition) is 1. The molecule has 13 heavy (non-hydrogen) atoms. The Morgan fingerprint density at radius 3 is 3.15 bits per heavy atom. The maximum atomic E-state index is 11.0. The average molecular weight is 180 g/mol. The van der Waals surface area contributed by atoms with Gasteiger partial charge < -0.3 is 9.94 Å². The van der Waals surface area contributed by atoms with Gasteiger partial charge in [-0.1, -0.05) is 5.16 Å². The highest BCUT2D eigenvalue weighted by atomic mass is 16.5. The Kier molecular flexibility index (Phi) is 2.97. The summed E-state index contributed by atoms with van der Waals surface area (Å²) in [7, 11) is 1.29. The Labute approximate surface area is 74.7 Å². The number of methoxy groups -OCH3 is 1. The summed E-state index contributed by atoms with van der Waals surface area (Å²) < 4.78 is 4.50. The van der Waals surface area contributed by atoms with Crippen LogP contribution >= 0.6 is 0 Å². The third-order valence-corrected chi connectivity index (χ3v) is 1.39. The molecule has 0 amide bonds. The van der Waals surface area contributed by atoms with E-state index in [0.717, 1.165) is 6.21 Å². The minimum atomic E-state index is -0.449. The first-order valence-corrected chi connectivity index (χ1v) is 3.49. The normalized spacial score (nSPS) is 10.2. The molecule has 1 aromatic rings. The number of pyridine rings is 1. The van der Waals surface area contributed by atoms with Gasteiger partial charge in [-0.15, -0.1) is 0 Å². The number of carbonyl (C=O) groups is 1. The minimum Gasteiger partial charge on any atom is -0.465 e. The van der Waals surface area contributed by atoms with Gasteiger partial charge >= 0.3 is 5.97 Å². The molecule has 0 aromatic carbocycles. The van der Waals surface area contributed by atoms with Crippen molar-refractivity contribution in [3.63, 3.8) is 0 Å². The number of hydrogen-bond acceptors (Lipinski definition) is 5. The molecule has 1 N–H and O–H groups in total. The largest absolute Gasteiger partial charge is 0.465 e. The smallest absolute Gasteiger partial charge is 0.337 e. The van der Waals surface area contributed by atoms with Crippen molar-refractivity contribution in [1.82, 2.24) is 4.98 Å². The van der Waals surface area contributed by atoms with Crippen molar-refractivity contribution in [2.45, 2.75) is 0 Å². The lowest BCUT2D eigenvalue weighted by Gasteiger charge is -1.98. The van der Waals surface area contributed by atoms with E-state index in [1.165, 1.54) is 25.4 Å². The molecule has 1 aromatic heterocycles. The molecule has 0 atom stereocenters. The topological polar surface area (TPSA) is 71.8 Å². The Bertz CT molecular complexity index is 336. The van der Waals surface area contributed by atoms with Crippen LogP contribution in [0.4, 0.5) is 0 Å². The van der Waals surface area contributed by atoms with Crippen LogP contribution in [0.5, 0.6) is 0 Å². The van der Waals surface area contributed by atoms with Gasteiger partial charge in [0.05, 0.1) is 24.6 Å². The van der Waals surface area contributed by atoms with E-state index in [0.29, 0.717) is 11.3 Å². The van der Waals surface area contributed by atoms with Gasteiger partial charge in [0.25, 0.3) is 0 Å². The van der Waals surface area contributed by atoms with E-state index in [2.05, 4.69) is 14.9 Å². The molecule has 0 fully saturated rings. The molecule has 0 radical (unpaired) electrons. The number of esters is 1. The molecule has 68 valence electrons. The summed E-state index contributed by atoms with van der Waals surface area (Å²) in [6.07, 6.45) is 2.57. The summed E-state index contributed by atoms with van der Waals surface area (Å²) >= 11 is 0. The molecule has 0 bridgehead atoms. The highest BCUT2D eigenvalue weighted by Gasteiger charge is 2.04. The molecule has 1 heterocycles. The highest BCUT2D eigenvalue weighted by Crippen LogP contribution is 2.01. The van der Waals surface area contributed by atoms with E-state index in [1.807, 2.05) is 0 Å². The first-order valence-electron chi connectivity index (χ1n) is 3.49. The number of aromatic nitrogens is 1. The second-order valence-electron chi connectivity index (χ2n) is 2.21. The fourth-order valence-electron chi connectivity index (χ4n) is 0.823. The Morgan fingerprint density at radius 1 is 1.77 bits per heavy atom. The lowest BCUT2D eigenvalue weighted by molar-refractivity contribution is 0.0600. The quantitative estimate of drug-likeness (QED) is 0.314. The molecular weight excluding hydrogens is 172 g/mol. The first-order chi connectivity index (χ1) is 6.27. The summed E-state index contributed by atoms with van der Waals surface area (Å²) in [5.74, 6) is -0.449. The van der Waals surface area contributed by atoms with Crippen molar-refractivity contribution in [2.24, 2.45) is 5.16 Å². The van der Waals surface area contributed by atoms with Crippen LogP contribution in [0.1, 0.15) is 16.1 Å². The average Bonchev–Trinajstić information content (AvgIpc) is 2.18. The predicted molar refractivity (Wildman–Crippen MR) is 45.0 cm³/mol. The molecule has 0 aliphatic carbocycles. The molecule has 0 saturated carbocycles. The fraction of sp³-hybridized carbons (Fsp3) is 0.125. The number of oxime groups is 1.